The van der Waals surface area contributed by atoms with E-state index in [0.717, 1.165) is 5.56 Å². The van der Waals surface area contributed by atoms with E-state index in [-0.39, 0.29) is 10.8 Å². The third-order valence-electron chi connectivity index (χ3n) is 3.39. The van der Waals surface area contributed by atoms with Gasteiger partial charge in [0.05, 0.1) is 10.6 Å². The standard InChI is InChI=1S/C18H15ClN4O2S/c19-14-3-1-2-13(12-14)4-7-16-10-11-21-18(22-16)23-26(24,25)17-8-5-15(20)6-9-17/h1-12H,20H2,(H,21,22,23)/b7-4+. The Kier molecular flexibility index (Phi) is 5.20. The quantitative estimate of drug-likeness (QED) is 0.652. The van der Waals surface area contributed by atoms with Crippen LogP contribution in [0.3, 0.4) is 0 Å². The van der Waals surface area contributed by atoms with Crippen LogP contribution in [-0.4, -0.2) is 18.4 Å². The van der Waals surface area contributed by atoms with Gasteiger partial charge in [-0.2, -0.15) is 0 Å². The van der Waals surface area contributed by atoms with Crippen molar-refractivity contribution < 1.29 is 8.42 Å². The van der Waals surface area contributed by atoms with Gasteiger partial charge >= 0.3 is 0 Å². The van der Waals surface area contributed by atoms with Crippen LogP contribution in [0.2, 0.25) is 5.02 Å². The molecule has 6 nitrogen and oxygen atoms in total. The Labute approximate surface area is 156 Å². The highest BCUT2D eigenvalue weighted by molar-refractivity contribution is 7.92. The minimum atomic E-state index is -3.79. The van der Waals surface area contributed by atoms with Gasteiger partial charge in [-0.25, -0.2) is 23.1 Å². The molecule has 0 atom stereocenters. The van der Waals surface area contributed by atoms with Gasteiger partial charge in [-0.15, -0.1) is 0 Å². The van der Waals surface area contributed by atoms with Crippen LogP contribution in [0.25, 0.3) is 12.2 Å². The number of aromatic nitrogens is 2. The minimum Gasteiger partial charge on any atom is -0.399 e. The topological polar surface area (TPSA) is 98.0 Å². The number of nitrogens with zero attached hydrogens (tertiary/aromatic N) is 2. The molecule has 0 aliphatic heterocycles. The molecule has 0 aliphatic rings. The van der Waals surface area contributed by atoms with Crippen molar-refractivity contribution in [2.45, 2.75) is 4.90 Å². The minimum absolute atomic E-state index is 0.0185. The molecule has 0 bridgehead atoms. The maximum Gasteiger partial charge on any atom is 0.264 e. The lowest BCUT2D eigenvalue weighted by molar-refractivity contribution is 0.601. The first-order valence-electron chi connectivity index (χ1n) is 7.57. The summed E-state index contributed by atoms with van der Waals surface area (Å²) in [6.45, 7) is 0. The van der Waals surface area contributed by atoms with Crippen molar-refractivity contribution in [3.8, 4) is 0 Å². The van der Waals surface area contributed by atoms with Crippen LogP contribution < -0.4 is 10.5 Å². The fraction of sp³-hybridized carbons (Fsp3) is 0. The van der Waals surface area contributed by atoms with Crippen LogP contribution in [0, 0.1) is 0 Å². The molecule has 3 N–H and O–H groups in total. The Bertz CT molecular complexity index is 1050. The van der Waals surface area contributed by atoms with Crippen LogP contribution in [0.15, 0.2) is 65.7 Å². The third-order valence-corrected chi connectivity index (χ3v) is 4.97. The number of anilines is 2. The van der Waals surface area contributed by atoms with Crippen molar-refractivity contribution in [2.75, 3.05) is 10.5 Å². The van der Waals surface area contributed by atoms with Crippen LogP contribution in [0.5, 0.6) is 0 Å². The van der Waals surface area contributed by atoms with Gasteiger partial charge in [-0.05, 0) is 54.1 Å². The molecule has 1 aromatic heterocycles. The van der Waals surface area contributed by atoms with E-state index >= 15 is 0 Å². The van der Waals surface area contributed by atoms with Crippen molar-refractivity contribution >= 4 is 45.4 Å². The number of hydrogen-bond donors (Lipinski definition) is 2. The number of nitrogens with two attached hydrogens (primary N) is 1. The van der Waals surface area contributed by atoms with Crippen molar-refractivity contribution in [1.82, 2.24) is 9.97 Å². The van der Waals surface area contributed by atoms with Gasteiger partial charge in [-0.1, -0.05) is 29.8 Å². The summed E-state index contributed by atoms with van der Waals surface area (Å²) in [6.07, 6.45) is 5.05. The summed E-state index contributed by atoms with van der Waals surface area (Å²) >= 11 is 5.95. The van der Waals surface area contributed by atoms with Crippen molar-refractivity contribution in [3.63, 3.8) is 0 Å². The number of nitrogens with one attached hydrogen (secondary N) is 1. The number of hydrogen-bond acceptors (Lipinski definition) is 5. The monoisotopic (exact) mass is 386 g/mol. The fourth-order valence-electron chi connectivity index (χ4n) is 2.13. The molecule has 0 spiro atoms. The molecule has 0 amide bonds. The smallest absolute Gasteiger partial charge is 0.264 e. The normalized spacial score (nSPS) is 11.6. The van der Waals surface area contributed by atoms with E-state index in [9.17, 15) is 8.42 Å². The lowest BCUT2D eigenvalue weighted by Crippen LogP contribution is -2.15. The van der Waals surface area contributed by atoms with Crippen molar-refractivity contribution in [3.05, 3.63) is 77.1 Å². The first kappa shape index (κ1) is 17.9. The second-order valence-corrected chi connectivity index (χ2v) is 7.49. The molecule has 0 radical (unpaired) electrons. The average molecular weight is 387 g/mol. The van der Waals surface area contributed by atoms with E-state index in [1.165, 1.54) is 30.5 Å². The van der Waals surface area contributed by atoms with Gasteiger partial charge < -0.3 is 5.73 Å². The highest BCUT2D eigenvalue weighted by atomic mass is 35.5. The van der Waals surface area contributed by atoms with Crippen LogP contribution in [0.1, 0.15) is 11.3 Å². The summed E-state index contributed by atoms with van der Waals surface area (Å²) in [5.41, 5.74) is 7.51. The van der Waals surface area contributed by atoms with Gasteiger partial charge in [0.15, 0.2) is 0 Å². The molecule has 0 saturated carbocycles. The highest BCUT2D eigenvalue weighted by Gasteiger charge is 2.15. The van der Waals surface area contributed by atoms with Gasteiger partial charge in [0.25, 0.3) is 10.0 Å². The van der Waals surface area contributed by atoms with E-state index < -0.39 is 10.0 Å². The summed E-state index contributed by atoms with van der Waals surface area (Å²) in [5, 5.41) is 0.631. The lowest BCUT2D eigenvalue weighted by atomic mass is 10.2. The second kappa shape index (κ2) is 7.55. The zero-order valence-electron chi connectivity index (χ0n) is 13.5. The number of sulfonamides is 1. The summed E-state index contributed by atoms with van der Waals surface area (Å²) < 4.78 is 27.1. The molecule has 2 aromatic carbocycles. The maximum absolute atomic E-state index is 12.4. The fourth-order valence-corrected chi connectivity index (χ4v) is 3.28. The second-order valence-electron chi connectivity index (χ2n) is 5.37. The molecule has 26 heavy (non-hydrogen) atoms. The van der Waals surface area contributed by atoms with Gasteiger partial charge in [0, 0.05) is 16.9 Å². The predicted octanol–water partition coefficient (Wildman–Crippen LogP) is 3.68. The SMILES string of the molecule is Nc1ccc(S(=O)(=O)Nc2nccc(/C=C/c3cccc(Cl)c3)n2)cc1. The number of nitrogen functional groups attached to an aromatic ring is 1. The Hall–Kier alpha value is -2.90. The molecule has 0 unspecified atom stereocenters. The summed E-state index contributed by atoms with van der Waals surface area (Å²) in [6, 6.07) is 14.9. The van der Waals surface area contributed by atoms with Crippen LogP contribution >= 0.6 is 11.6 Å². The largest absolute Gasteiger partial charge is 0.399 e. The Morgan fingerprint density at radius 3 is 2.54 bits per heavy atom. The van der Waals surface area contributed by atoms with Crippen LogP contribution in [-0.2, 0) is 10.0 Å². The van der Waals surface area contributed by atoms with Gasteiger partial charge in [0.2, 0.25) is 5.95 Å². The van der Waals surface area contributed by atoms with Gasteiger partial charge in [-0.3, -0.25) is 0 Å². The zero-order valence-corrected chi connectivity index (χ0v) is 15.1. The molecule has 3 rings (SSSR count). The Balaban J connectivity index is 1.80. The molecule has 1 heterocycles. The summed E-state index contributed by atoms with van der Waals surface area (Å²) in [5.74, 6) is -0.0185. The molecule has 0 saturated heterocycles. The number of benzene rings is 2. The molecule has 3 aromatic rings. The van der Waals surface area contributed by atoms with Crippen LogP contribution in [0.4, 0.5) is 11.6 Å². The van der Waals surface area contributed by atoms with E-state index in [4.69, 9.17) is 17.3 Å². The molecule has 8 heteroatoms. The number of rotatable bonds is 5. The van der Waals surface area contributed by atoms with E-state index in [1.807, 2.05) is 24.3 Å². The van der Waals surface area contributed by atoms with Crippen molar-refractivity contribution in [2.24, 2.45) is 0 Å². The molecule has 0 aliphatic carbocycles. The molecule has 132 valence electrons. The van der Waals surface area contributed by atoms with Gasteiger partial charge in [0.1, 0.15) is 0 Å². The summed E-state index contributed by atoms with van der Waals surface area (Å²) in [4.78, 5) is 8.23. The lowest BCUT2D eigenvalue weighted by Gasteiger charge is -2.07. The Morgan fingerprint density at radius 2 is 1.81 bits per heavy atom. The number of halogens is 1. The maximum atomic E-state index is 12.4. The van der Waals surface area contributed by atoms with Crippen molar-refractivity contribution in [1.29, 1.82) is 0 Å². The first-order chi connectivity index (χ1) is 12.4. The Morgan fingerprint density at radius 1 is 1.04 bits per heavy atom. The summed E-state index contributed by atoms with van der Waals surface area (Å²) in [7, 11) is -3.79. The average Bonchev–Trinajstić information content (AvgIpc) is 2.60. The predicted molar refractivity (Wildman–Crippen MR) is 104 cm³/mol. The first-order valence-corrected chi connectivity index (χ1v) is 9.43. The molecule has 0 fully saturated rings. The molecular formula is C18H15ClN4O2S. The van der Waals surface area contributed by atoms with E-state index in [1.54, 1.807) is 18.2 Å². The molecular weight excluding hydrogens is 372 g/mol. The van der Waals surface area contributed by atoms with E-state index in [2.05, 4.69) is 14.7 Å². The van der Waals surface area contributed by atoms with E-state index in [0.29, 0.717) is 16.4 Å². The zero-order chi connectivity index (χ0) is 18.6. The third kappa shape index (κ3) is 4.59. The highest BCUT2D eigenvalue weighted by Crippen LogP contribution is 2.16.